The molecule has 3 amide bonds. The minimum Gasteiger partial charge on any atom is -0.484 e. The van der Waals surface area contributed by atoms with Gasteiger partial charge in [0.2, 0.25) is 11.8 Å². The molecule has 2 heterocycles. The van der Waals surface area contributed by atoms with Gasteiger partial charge in [-0.15, -0.1) is 0 Å². The van der Waals surface area contributed by atoms with E-state index in [1.165, 1.54) is 6.92 Å². The predicted molar refractivity (Wildman–Crippen MR) is 105 cm³/mol. The van der Waals surface area contributed by atoms with E-state index in [4.69, 9.17) is 4.74 Å². The van der Waals surface area contributed by atoms with Gasteiger partial charge >= 0.3 is 0 Å². The zero-order valence-corrected chi connectivity index (χ0v) is 16.4. The third kappa shape index (κ3) is 5.47. The van der Waals surface area contributed by atoms with Crippen LogP contribution in [0.5, 0.6) is 5.75 Å². The number of carbonyl (C=O) groups is 3. The molecule has 2 aliphatic heterocycles. The van der Waals surface area contributed by atoms with E-state index in [1.54, 1.807) is 0 Å². The van der Waals surface area contributed by atoms with Gasteiger partial charge in [-0.2, -0.15) is 0 Å². The van der Waals surface area contributed by atoms with Crippen LogP contribution in [0.3, 0.4) is 0 Å². The molecule has 2 atom stereocenters. The minimum absolute atomic E-state index is 0.000362. The van der Waals surface area contributed by atoms with E-state index < -0.39 is 0 Å². The second-order valence-electron chi connectivity index (χ2n) is 7.61. The average Bonchev–Trinajstić information content (AvgIpc) is 2.85. The van der Waals surface area contributed by atoms with E-state index in [2.05, 4.69) is 5.32 Å². The molecule has 0 unspecified atom stereocenters. The minimum atomic E-state index is -0.0807. The monoisotopic (exact) mass is 387 g/mol. The molecule has 0 spiro atoms. The van der Waals surface area contributed by atoms with Gasteiger partial charge in [-0.3, -0.25) is 14.4 Å². The number of benzene rings is 1. The molecule has 0 aliphatic carbocycles. The maximum atomic E-state index is 12.5. The molecule has 0 radical (unpaired) electrons. The van der Waals surface area contributed by atoms with Crippen molar-refractivity contribution in [2.24, 2.45) is 11.8 Å². The van der Waals surface area contributed by atoms with E-state index in [0.717, 1.165) is 12.8 Å². The Hall–Kier alpha value is -2.57. The Kier molecular flexibility index (Phi) is 6.90. The number of hydrogen-bond acceptors (Lipinski definition) is 4. The van der Waals surface area contributed by atoms with Gasteiger partial charge in [0.1, 0.15) is 5.75 Å². The zero-order chi connectivity index (χ0) is 19.9. The maximum Gasteiger partial charge on any atom is 0.260 e. The Bertz CT molecular complexity index is 694. The molecule has 7 heteroatoms. The highest BCUT2D eigenvalue weighted by atomic mass is 16.5. The first-order valence-corrected chi connectivity index (χ1v) is 10.0. The van der Waals surface area contributed by atoms with Gasteiger partial charge in [-0.1, -0.05) is 18.2 Å². The number of amides is 3. The Morgan fingerprint density at radius 1 is 1.14 bits per heavy atom. The van der Waals surface area contributed by atoms with Crippen LogP contribution in [0.25, 0.3) is 0 Å². The first-order valence-electron chi connectivity index (χ1n) is 10.0. The second kappa shape index (κ2) is 9.57. The van der Waals surface area contributed by atoms with Crippen molar-refractivity contribution in [3.63, 3.8) is 0 Å². The van der Waals surface area contributed by atoms with Crippen LogP contribution in [0.1, 0.15) is 26.2 Å². The molecule has 2 aliphatic rings. The molecule has 7 nitrogen and oxygen atoms in total. The number of hydrogen-bond donors (Lipinski definition) is 1. The smallest absolute Gasteiger partial charge is 0.260 e. The fourth-order valence-electron chi connectivity index (χ4n) is 4.06. The first kappa shape index (κ1) is 20.2. The number of likely N-dealkylation sites (tertiary alicyclic amines) is 2. The number of carbonyl (C=O) groups excluding carboxylic acids is 3. The van der Waals surface area contributed by atoms with Gasteiger partial charge < -0.3 is 19.9 Å². The van der Waals surface area contributed by atoms with Gasteiger partial charge in [-0.05, 0) is 36.8 Å². The lowest BCUT2D eigenvalue weighted by Crippen LogP contribution is -2.45. The van der Waals surface area contributed by atoms with Crippen LogP contribution in [0, 0.1) is 11.8 Å². The zero-order valence-electron chi connectivity index (χ0n) is 16.4. The summed E-state index contributed by atoms with van der Waals surface area (Å²) in [7, 11) is 0. The van der Waals surface area contributed by atoms with Gasteiger partial charge in [0.15, 0.2) is 6.61 Å². The summed E-state index contributed by atoms with van der Waals surface area (Å²) in [6.07, 6.45) is 2.28. The number of para-hydroxylation sites is 1. The number of ether oxygens (including phenoxy) is 1. The summed E-state index contributed by atoms with van der Waals surface area (Å²) in [4.78, 5) is 39.8. The molecule has 0 bridgehead atoms. The van der Waals surface area contributed by atoms with Crippen molar-refractivity contribution >= 4 is 17.7 Å². The fraction of sp³-hybridized carbons (Fsp3) is 0.571. The summed E-state index contributed by atoms with van der Waals surface area (Å²) < 4.78 is 5.59. The number of piperidine rings is 1. The lowest BCUT2D eigenvalue weighted by Gasteiger charge is -2.37. The molecular formula is C21H29N3O4. The van der Waals surface area contributed by atoms with E-state index >= 15 is 0 Å². The number of fused-ring (bicyclic) bond motifs is 1. The van der Waals surface area contributed by atoms with Crippen LogP contribution in [0.2, 0.25) is 0 Å². The molecule has 2 fully saturated rings. The van der Waals surface area contributed by atoms with Crippen molar-refractivity contribution in [2.75, 3.05) is 39.3 Å². The molecule has 152 valence electrons. The van der Waals surface area contributed by atoms with Gasteiger partial charge in [0, 0.05) is 46.1 Å². The number of nitrogens with one attached hydrogen (secondary N) is 1. The quantitative estimate of drug-likeness (QED) is 0.798. The standard InChI is InChI=1S/C21H29N3O4/c1-16(25)22-9-12-23-10-8-18-14-24(11-7-17(18)13-20(23)26)21(27)15-28-19-5-3-2-4-6-19/h2-6,17-18H,7-15H2,1H3,(H,22,25)/t17-,18-/m0/s1. The van der Waals surface area contributed by atoms with Gasteiger partial charge in [0.05, 0.1) is 0 Å². The lowest BCUT2D eigenvalue weighted by atomic mass is 9.82. The molecule has 0 saturated carbocycles. The Morgan fingerprint density at radius 2 is 1.89 bits per heavy atom. The van der Waals surface area contributed by atoms with Crippen molar-refractivity contribution in [1.82, 2.24) is 15.1 Å². The highest BCUT2D eigenvalue weighted by molar-refractivity contribution is 5.79. The van der Waals surface area contributed by atoms with E-state index in [1.807, 2.05) is 40.1 Å². The van der Waals surface area contributed by atoms with Crippen LogP contribution >= 0.6 is 0 Å². The SMILES string of the molecule is CC(=O)NCCN1CC[C@H]2CN(C(=O)COc3ccccc3)CC[C@H]2CC1=O. The molecule has 0 aromatic heterocycles. The summed E-state index contributed by atoms with van der Waals surface area (Å²) in [6, 6.07) is 9.35. The van der Waals surface area contributed by atoms with Crippen molar-refractivity contribution in [3.8, 4) is 5.75 Å². The van der Waals surface area contributed by atoms with Crippen molar-refractivity contribution in [2.45, 2.75) is 26.2 Å². The molecule has 1 N–H and O–H groups in total. The van der Waals surface area contributed by atoms with E-state index in [9.17, 15) is 14.4 Å². The van der Waals surface area contributed by atoms with Gasteiger partial charge in [0.25, 0.3) is 5.91 Å². The predicted octanol–water partition coefficient (Wildman–Crippen LogP) is 1.29. The Balaban J connectivity index is 1.49. The molecule has 2 saturated heterocycles. The van der Waals surface area contributed by atoms with Crippen molar-refractivity contribution in [1.29, 1.82) is 0 Å². The Morgan fingerprint density at radius 3 is 2.64 bits per heavy atom. The number of nitrogens with zero attached hydrogens (tertiary/aromatic N) is 2. The third-order valence-corrected chi connectivity index (χ3v) is 5.66. The summed E-state index contributed by atoms with van der Waals surface area (Å²) in [5, 5.41) is 2.75. The lowest BCUT2D eigenvalue weighted by molar-refractivity contribution is -0.136. The van der Waals surface area contributed by atoms with Crippen LogP contribution in [0.15, 0.2) is 30.3 Å². The largest absolute Gasteiger partial charge is 0.484 e. The summed E-state index contributed by atoms with van der Waals surface area (Å²) in [6.45, 7) is 4.60. The van der Waals surface area contributed by atoms with E-state index in [-0.39, 0.29) is 24.3 Å². The van der Waals surface area contributed by atoms with Gasteiger partial charge in [-0.25, -0.2) is 0 Å². The number of rotatable bonds is 6. The summed E-state index contributed by atoms with van der Waals surface area (Å²) >= 11 is 0. The topological polar surface area (TPSA) is 79.0 Å². The van der Waals surface area contributed by atoms with Crippen LogP contribution in [0.4, 0.5) is 0 Å². The highest BCUT2D eigenvalue weighted by Crippen LogP contribution is 2.32. The molecule has 28 heavy (non-hydrogen) atoms. The van der Waals surface area contributed by atoms with Crippen molar-refractivity contribution in [3.05, 3.63) is 30.3 Å². The van der Waals surface area contributed by atoms with E-state index in [0.29, 0.717) is 56.7 Å². The highest BCUT2D eigenvalue weighted by Gasteiger charge is 2.36. The van der Waals surface area contributed by atoms with Crippen LogP contribution in [-0.2, 0) is 14.4 Å². The maximum absolute atomic E-state index is 12.5. The molecule has 3 rings (SSSR count). The normalized spacial score (nSPS) is 22.2. The summed E-state index contributed by atoms with van der Waals surface area (Å²) in [5.74, 6) is 1.44. The fourth-order valence-corrected chi connectivity index (χ4v) is 4.06. The van der Waals surface area contributed by atoms with Crippen molar-refractivity contribution < 1.29 is 19.1 Å². The first-order chi connectivity index (χ1) is 13.5. The molecule has 1 aromatic rings. The molecule has 1 aromatic carbocycles. The van der Waals surface area contributed by atoms with Crippen LogP contribution < -0.4 is 10.1 Å². The third-order valence-electron chi connectivity index (χ3n) is 5.66. The molecular weight excluding hydrogens is 358 g/mol. The average molecular weight is 387 g/mol. The second-order valence-corrected chi connectivity index (χ2v) is 7.61. The summed E-state index contributed by atoms with van der Waals surface area (Å²) in [5.41, 5.74) is 0. The Labute approximate surface area is 166 Å². The van der Waals surface area contributed by atoms with Crippen LogP contribution in [-0.4, -0.2) is 66.9 Å².